The van der Waals surface area contributed by atoms with E-state index in [1.807, 2.05) is 0 Å². The van der Waals surface area contributed by atoms with Crippen molar-refractivity contribution in [3.8, 4) is 11.8 Å². The number of nitriles is 1. The topological polar surface area (TPSA) is 59.0 Å². The Kier molecular flexibility index (Phi) is 3.80. The average Bonchev–Trinajstić information content (AvgIpc) is 2.43. The summed E-state index contributed by atoms with van der Waals surface area (Å²) < 4.78 is 44.9. The third-order valence-electron chi connectivity index (χ3n) is 2.60. The summed E-state index contributed by atoms with van der Waals surface area (Å²) in [5.74, 6) is -2.55. The Labute approximate surface area is 113 Å². The fourth-order valence-electron chi connectivity index (χ4n) is 1.56. The van der Waals surface area contributed by atoms with Crippen molar-refractivity contribution >= 4 is 5.69 Å². The van der Waals surface area contributed by atoms with Gasteiger partial charge in [-0.05, 0) is 17.7 Å². The number of rotatable bonds is 3. The molecule has 0 amide bonds. The lowest BCUT2D eigenvalue weighted by atomic mass is 10.1. The van der Waals surface area contributed by atoms with Crippen molar-refractivity contribution in [1.29, 1.82) is 5.26 Å². The van der Waals surface area contributed by atoms with Crippen molar-refractivity contribution in [3.05, 3.63) is 58.9 Å². The molecule has 102 valence electrons. The molecule has 2 aromatic carbocycles. The van der Waals surface area contributed by atoms with E-state index >= 15 is 0 Å². The smallest absolute Gasteiger partial charge is 0.167 e. The molecule has 0 atom stereocenters. The molecule has 2 rings (SSSR count). The Morgan fingerprint density at radius 1 is 1.05 bits per heavy atom. The molecular formula is C14H9F3N2O. The number of benzene rings is 2. The van der Waals surface area contributed by atoms with E-state index in [1.165, 1.54) is 12.1 Å². The maximum atomic E-state index is 13.5. The molecule has 0 saturated heterocycles. The predicted octanol–water partition coefficient (Wildman–Crippen LogP) is 3.14. The van der Waals surface area contributed by atoms with E-state index in [9.17, 15) is 13.2 Å². The minimum atomic E-state index is -0.800. The zero-order valence-electron chi connectivity index (χ0n) is 10.2. The first-order valence-electron chi connectivity index (χ1n) is 5.57. The number of nitrogens with two attached hydrogens (primary N) is 1. The zero-order valence-corrected chi connectivity index (χ0v) is 10.2. The van der Waals surface area contributed by atoms with Gasteiger partial charge in [0.1, 0.15) is 24.3 Å². The maximum absolute atomic E-state index is 13.5. The largest absolute Gasteiger partial charge is 0.486 e. The van der Waals surface area contributed by atoms with Crippen LogP contribution in [-0.2, 0) is 6.61 Å². The summed E-state index contributed by atoms with van der Waals surface area (Å²) in [6, 6.07) is 7.11. The molecule has 2 N–H and O–H groups in total. The molecule has 0 bridgehead atoms. The van der Waals surface area contributed by atoms with Gasteiger partial charge in [-0.2, -0.15) is 5.26 Å². The Balaban J connectivity index is 2.17. The summed E-state index contributed by atoms with van der Waals surface area (Å²) in [6.45, 7) is -0.130. The molecule has 0 aromatic heterocycles. The van der Waals surface area contributed by atoms with Crippen LogP contribution in [0.15, 0.2) is 30.3 Å². The van der Waals surface area contributed by atoms with Crippen LogP contribution in [0.4, 0.5) is 18.9 Å². The van der Waals surface area contributed by atoms with Crippen molar-refractivity contribution in [2.75, 3.05) is 5.73 Å². The van der Waals surface area contributed by atoms with Crippen molar-refractivity contribution in [3.63, 3.8) is 0 Å². The highest BCUT2D eigenvalue weighted by Gasteiger charge is 2.10. The van der Waals surface area contributed by atoms with Gasteiger partial charge >= 0.3 is 0 Å². The normalized spacial score (nSPS) is 10.1. The predicted molar refractivity (Wildman–Crippen MR) is 66.2 cm³/mol. The molecule has 0 aliphatic rings. The van der Waals surface area contributed by atoms with Crippen molar-refractivity contribution in [1.82, 2.24) is 0 Å². The van der Waals surface area contributed by atoms with Crippen LogP contribution in [0.3, 0.4) is 0 Å². The second-order valence-corrected chi connectivity index (χ2v) is 4.02. The maximum Gasteiger partial charge on any atom is 0.167 e. The summed E-state index contributed by atoms with van der Waals surface area (Å²) in [7, 11) is 0. The number of nitrogens with zero attached hydrogens (tertiary/aromatic N) is 1. The Morgan fingerprint density at radius 2 is 1.80 bits per heavy atom. The van der Waals surface area contributed by atoms with Gasteiger partial charge in [0.25, 0.3) is 0 Å². The first-order valence-corrected chi connectivity index (χ1v) is 5.57. The number of halogens is 3. The van der Waals surface area contributed by atoms with Gasteiger partial charge in [0, 0.05) is 12.1 Å². The molecular weight excluding hydrogens is 269 g/mol. The van der Waals surface area contributed by atoms with Gasteiger partial charge < -0.3 is 10.5 Å². The fourth-order valence-corrected chi connectivity index (χ4v) is 1.56. The molecule has 0 fully saturated rings. The van der Waals surface area contributed by atoms with Gasteiger partial charge in [0.05, 0.1) is 11.3 Å². The second kappa shape index (κ2) is 5.53. The van der Waals surface area contributed by atoms with Gasteiger partial charge in [0.2, 0.25) is 0 Å². The van der Waals surface area contributed by atoms with E-state index in [0.29, 0.717) is 5.56 Å². The van der Waals surface area contributed by atoms with E-state index in [0.717, 1.165) is 18.2 Å². The summed E-state index contributed by atoms with van der Waals surface area (Å²) in [4.78, 5) is 0. The highest BCUT2D eigenvalue weighted by atomic mass is 19.1. The molecule has 20 heavy (non-hydrogen) atoms. The summed E-state index contributed by atoms with van der Waals surface area (Å²) >= 11 is 0. The van der Waals surface area contributed by atoms with Crippen molar-refractivity contribution in [2.45, 2.75) is 6.61 Å². The lowest BCUT2D eigenvalue weighted by Crippen LogP contribution is -2.01. The molecule has 2 aromatic rings. The molecule has 0 unspecified atom stereocenters. The highest BCUT2D eigenvalue weighted by Crippen LogP contribution is 2.24. The lowest BCUT2D eigenvalue weighted by Gasteiger charge is -2.09. The average molecular weight is 278 g/mol. The second-order valence-electron chi connectivity index (χ2n) is 4.02. The molecule has 3 nitrogen and oxygen atoms in total. The van der Waals surface area contributed by atoms with Crippen LogP contribution >= 0.6 is 0 Å². The third-order valence-corrected chi connectivity index (χ3v) is 2.60. The monoisotopic (exact) mass is 278 g/mol. The van der Waals surface area contributed by atoms with E-state index in [-0.39, 0.29) is 23.6 Å². The van der Waals surface area contributed by atoms with Crippen LogP contribution in [0.25, 0.3) is 0 Å². The van der Waals surface area contributed by atoms with E-state index in [4.69, 9.17) is 15.7 Å². The zero-order chi connectivity index (χ0) is 14.7. The number of ether oxygens (including phenoxy) is 1. The standard InChI is InChI=1S/C14H9F3N2O/c15-10-2-1-8(3-9(10)6-18)7-20-14-5-11(16)13(19)4-12(14)17/h1-5H,7,19H2. The molecule has 6 heteroatoms. The number of hydrogen-bond donors (Lipinski definition) is 1. The van der Waals surface area contributed by atoms with Crippen LogP contribution in [0.2, 0.25) is 0 Å². The van der Waals surface area contributed by atoms with Crippen LogP contribution < -0.4 is 10.5 Å². The number of nitrogen functional groups attached to an aromatic ring is 1. The van der Waals surface area contributed by atoms with E-state index in [2.05, 4.69) is 0 Å². The lowest BCUT2D eigenvalue weighted by molar-refractivity contribution is 0.288. The molecule has 0 heterocycles. The van der Waals surface area contributed by atoms with Gasteiger partial charge in [-0.1, -0.05) is 6.07 Å². The minimum absolute atomic E-state index is 0.130. The highest BCUT2D eigenvalue weighted by molar-refractivity contribution is 5.44. The molecule has 0 saturated carbocycles. The van der Waals surface area contributed by atoms with E-state index in [1.54, 1.807) is 6.07 Å². The first-order chi connectivity index (χ1) is 9.51. The van der Waals surface area contributed by atoms with Gasteiger partial charge in [-0.15, -0.1) is 0 Å². The molecule has 0 aliphatic carbocycles. The van der Waals surface area contributed by atoms with Crippen molar-refractivity contribution in [2.24, 2.45) is 0 Å². The quantitative estimate of drug-likeness (QED) is 0.877. The Hall–Kier alpha value is -2.68. The SMILES string of the molecule is N#Cc1cc(COc2cc(F)c(N)cc2F)ccc1F. The number of hydrogen-bond acceptors (Lipinski definition) is 3. The Bertz CT molecular complexity index is 696. The summed E-state index contributed by atoms with van der Waals surface area (Å²) in [5.41, 5.74) is 5.20. The first kappa shape index (κ1) is 13.7. The molecule has 0 radical (unpaired) electrons. The van der Waals surface area contributed by atoms with Crippen molar-refractivity contribution < 1.29 is 17.9 Å². The minimum Gasteiger partial charge on any atom is -0.486 e. The number of anilines is 1. The third kappa shape index (κ3) is 2.83. The summed E-state index contributed by atoms with van der Waals surface area (Å²) in [6.07, 6.45) is 0. The van der Waals surface area contributed by atoms with Crippen LogP contribution in [0, 0.1) is 28.8 Å². The Morgan fingerprint density at radius 3 is 2.50 bits per heavy atom. The summed E-state index contributed by atoms with van der Waals surface area (Å²) in [5, 5.41) is 8.68. The van der Waals surface area contributed by atoms with E-state index < -0.39 is 17.5 Å². The van der Waals surface area contributed by atoms with Crippen LogP contribution in [0.1, 0.15) is 11.1 Å². The van der Waals surface area contributed by atoms with Gasteiger partial charge in [-0.3, -0.25) is 0 Å². The van der Waals surface area contributed by atoms with Gasteiger partial charge in [-0.25, -0.2) is 13.2 Å². The van der Waals surface area contributed by atoms with Gasteiger partial charge in [0.15, 0.2) is 11.6 Å². The fraction of sp³-hybridized carbons (Fsp3) is 0.0714. The molecule has 0 aliphatic heterocycles. The molecule has 0 spiro atoms. The van der Waals surface area contributed by atoms with Crippen LogP contribution in [-0.4, -0.2) is 0 Å². The van der Waals surface area contributed by atoms with Crippen LogP contribution in [0.5, 0.6) is 5.75 Å².